The van der Waals surface area contributed by atoms with Crippen molar-refractivity contribution in [2.45, 2.75) is 33.0 Å². The van der Waals surface area contributed by atoms with E-state index in [4.69, 9.17) is 18.9 Å². The molecule has 0 aliphatic carbocycles. The first-order chi connectivity index (χ1) is 14.7. The fourth-order valence-electron chi connectivity index (χ4n) is 3.08. The van der Waals surface area contributed by atoms with Crippen LogP contribution in [-0.4, -0.2) is 34.1 Å². The average molecular weight is 476 g/mol. The third-order valence-electron chi connectivity index (χ3n) is 4.53. The number of aryl methyl sites for hydroxylation is 1. The Kier molecular flexibility index (Phi) is 6.22. The number of hydrogen-bond acceptors (Lipinski definition) is 8. The van der Waals surface area contributed by atoms with Gasteiger partial charge in [0.15, 0.2) is 23.0 Å². The summed E-state index contributed by atoms with van der Waals surface area (Å²) in [7, 11) is 1.62. The van der Waals surface area contributed by atoms with Crippen molar-refractivity contribution in [2.75, 3.05) is 19.2 Å². The first-order valence-electron chi connectivity index (χ1n) is 9.55. The molecule has 0 spiro atoms. The first kappa shape index (κ1) is 20.3. The van der Waals surface area contributed by atoms with E-state index < -0.39 is 0 Å². The molecule has 0 fully saturated rings. The summed E-state index contributed by atoms with van der Waals surface area (Å²) in [4.78, 5) is 0. The lowest BCUT2D eigenvalue weighted by Gasteiger charge is -2.15. The zero-order valence-electron chi connectivity index (χ0n) is 16.7. The highest BCUT2D eigenvalue weighted by Gasteiger charge is 2.16. The Morgan fingerprint density at radius 3 is 2.87 bits per heavy atom. The van der Waals surface area contributed by atoms with E-state index in [1.165, 1.54) is 0 Å². The Bertz CT molecular complexity index is 1030. The van der Waals surface area contributed by atoms with Crippen molar-refractivity contribution < 1.29 is 18.9 Å². The molecule has 2 heterocycles. The molecule has 1 N–H and O–H groups in total. The molecule has 1 aliphatic heterocycles. The molecule has 3 aromatic rings. The van der Waals surface area contributed by atoms with Gasteiger partial charge in [-0.05, 0) is 68.2 Å². The number of methoxy groups -OCH3 is 1. The monoisotopic (exact) mass is 475 g/mol. The van der Waals surface area contributed by atoms with Crippen molar-refractivity contribution in [2.24, 2.45) is 0 Å². The molecule has 4 rings (SSSR count). The molecule has 1 aliphatic rings. The van der Waals surface area contributed by atoms with Crippen LogP contribution in [0.2, 0.25) is 0 Å². The SMILES string of the molecule is CCCn1nnnc1NCc1cc(Br)c(OCc2ccc3c(c2)OCO3)c(OC)c1. The molecule has 0 radical (unpaired) electrons. The van der Waals surface area contributed by atoms with E-state index in [0.29, 0.717) is 30.6 Å². The highest BCUT2D eigenvalue weighted by molar-refractivity contribution is 9.10. The molecule has 0 atom stereocenters. The Labute approximate surface area is 182 Å². The minimum atomic E-state index is 0.249. The molecule has 0 saturated heterocycles. The van der Waals surface area contributed by atoms with Crippen LogP contribution < -0.4 is 24.3 Å². The van der Waals surface area contributed by atoms with Crippen LogP contribution >= 0.6 is 15.9 Å². The summed E-state index contributed by atoms with van der Waals surface area (Å²) in [5, 5.41) is 15.0. The zero-order chi connectivity index (χ0) is 20.9. The van der Waals surface area contributed by atoms with Gasteiger partial charge in [-0.3, -0.25) is 0 Å². The second kappa shape index (κ2) is 9.21. The molecular formula is C20H22BrN5O4. The van der Waals surface area contributed by atoms with E-state index in [0.717, 1.165) is 40.1 Å². The van der Waals surface area contributed by atoms with Crippen molar-refractivity contribution in [3.8, 4) is 23.0 Å². The quantitative estimate of drug-likeness (QED) is 0.499. The van der Waals surface area contributed by atoms with Crippen LogP contribution in [0.3, 0.4) is 0 Å². The second-order valence-electron chi connectivity index (χ2n) is 6.66. The van der Waals surface area contributed by atoms with E-state index >= 15 is 0 Å². The molecule has 0 unspecified atom stereocenters. The van der Waals surface area contributed by atoms with Crippen LogP contribution in [0.1, 0.15) is 24.5 Å². The molecule has 10 heteroatoms. The maximum atomic E-state index is 6.04. The van der Waals surface area contributed by atoms with Gasteiger partial charge in [-0.1, -0.05) is 18.1 Å². The fourth-order valence-corrected chi connectivity index (χ4v) is 3.68. The number of anilines is 1. The van der Waals surface area contributed by atoms with Crippen LogP contribution in [0, 0.1) is 0 Å². The molecule has 0 bridgehead atoms. The molecule has 1 aromatic heterocycles. The topological polar surface area (TPSA) is 92.6 Å². The number of tetrazole rings is 1. The normalized spacial score (nSPS) is 12.1. The minimum absolute atomic E-state index is 0.249. The summed E-state index contributed by atoms with van der Waals surface area (Å²) >= 11 is 3.60. The van der Waals surface area contributed by atoms with Crippen molar-refractivity contribution in [3.63, 3.8) is 0 Å². The number of rotatable bonds is 9. The highest BCUT2D eigenvalue weighted by atomic mass is 79.9. The van der Waals surface area contributed by atoms with Crippen LogP contribution in [0.25, 0.3) is 0 Å². The Hall–Kier alpha value is -3.01. The molecular weight excluding hydrogens is 454 g/mol. The summed E-state index contributed by atoms with van der Waals surface area (Å²) in [5.41, 5.74) is 1.97. The summed E-state index contributed by atoms with van der Waals surface area (Å²) < 4.78 is 24.9. The largest absolute Gasteiger partial charge is 0.493 e. The Morgan fingerprint density at radius 2 is 2.03 bits per heavy atom. The number of aromatic nitrogens is 4. The third kappa shape index (κ3) is 4.43. The predicted octanol–water partition coefficient (Wildman–Crippen LogP) is 3.77. The summed E-state index contributed by atoms with van der Waals surface area (Å²) in [5.74, 6) is 3.38. The van der Waals surface area contributed by atoms with Gasteiger partial charge in [0.2, 0.25) is 12.7 Å². The third-order valence-corrected chi connectivity index (χ3v) is 5.12. The van der Waals surface area contributed by atoms with Gasteiger partial charge < -0.3 is 24.3 Å². The number of halogens is 1. The van der Waals surface area contributed by atoms with Gasteiger partial charge in [-0.25, -0.2) is 4.68 Å². The summed E-state index contributed by atoms with van der Waals surface area (Å²) in [6, 6.07) is 9.67. The van der Waals surface area contributed by atoms with Crippen LogP contribution in [0.15, 0.2) is 34.8 Å². The number of hydrogen-bond donors (Lipinski definition) is 1. The average Bonchev–Trinajstić information content (AvgIpc) is 3.40. The van der Waals surface area contributed by atoms with E-state index in [1.807, 2.05) is 30.3 Å². The van der Waals surface area contributed by atoms with Crippen molar-refractivity contribution >= 4 is 21.9 Å². The molecule has 9 nitrogen and oxygen atoms in total. The van der Waals surface area contributed by atoms with E-state index in [1.54, 1.807) is 11.8 Å². The summed E-state index contributed by atoms with van der Waals surface area (Å²) in [6.07, 6.45) is 0.953. The number of fused-ring (bicyclic) bond motifs is 1. The molecule has 0 amide bonds. The van der Waals surface area contributed by atoms with E-state index in [-0.39, 0.29) is 6.79 Å². The van der Waals surface area contributed by atoms with E-state index in [9.17, 15) is 0 Å². The lowest BCUT2D eigenvalue weighted by molar-refractivity contribution is 0.174. The zero-order valence-corrected chi connectivity index (χ0v) is 18.3. The van der Waals surface area contributed by atoms with Gasteiger partial charge in [0.05, 0.1) is 11.6 Å². The van der Waals surface area contributed by atoms with Gasteiger partial charge in [0, 0.05) is 13.1 Å². The Morgan fingerprint density at radius 1 is 1.17 bits per heavy atom. The van der Waals surface area contributed by atoms with Gasteiger partial charge >= 0.3 is 0 Å². The van der Waals surface area contributed by atoms with Gasteiger partial charge in [-0.15, -0.1) is 0 Å². The standard InChI is InChI=1S/C20H22BrN5O4/c1-3-6-26-20(23-24-25-26)22-10-14-7-15(21)19(18(9-14)27-2)28-11-13-4-5-16-17(8-13)30-12-29-16/h4-5,7-9H,3,6,10-12H2,1-2H3,(H,22,23,25). The van der Waals surface area contributed by atoms with Crippen molar-refractivity contribution in [3.05, 3.63) is 45.9 Å². The first-order valence-corrected chi connectivity index (χ1v) is 10.3. The molecule has 30 heavy (non-hydrogen) atoms. The van der Waals surface area contributed by atoms with Crippen LogP contribution in [0.5, 0.6) is 23.0 Å². The number of nitrogens with zero attached hydrogens (tertiary/aromatic N) is 4. The molecule has 158 valence electrons. The maximum absolute atomic E-state index is 6.04. The fraction of sp³-hybridized carbons (Fsp3) is 0.350. The Balaban J connectivity index is 1.44. The predicted molar refractivity (Wildman–Crippen MR) is 113 cm³/mol. The number of benzene rings is 2. The lowest BCUT2D eigenvalue weighted by Crippen LogP contribution is -2.09. The van der Waals surface area contributed by atoms with Crippen molar-refractivity contribution in [1.82, 2.24) is 20.2 Å². The van der Waals surface area contributed by atoms with E-state index in [2.05, 4.69) is 43.7 Å². The number of ether oxygens (including phenoxy) is 4. The minimum Gasteiger partial charge on any atom is -0.493 e. The number of nitrogens with one attached hydrogen (secondary N) is 1. The summed E-state index contributed by atoms with van der Waals surface area (Å²) in [6.45, 7) is 4.00. The van der Waals surface area contributed by atoms with Crippen LogP contribution in [-0.2, 0) is 19.7 Å². The highest BCUT2D eigenvalue weighted by Crippen LogP contribution is 2.38. The van der Waals surface area contributed by atoms with Gasteiger partial charge in [0.25, 0.3) is 0 Å². The van der Waals surface area contributed by atoms with Gasteiger partial charge in [-0.2, -0.15) is 0 Å². The van der Waals surface area contributed by atoms with Gasteiger partial charge in [0.1, 0.15) is 6.61 Å². The molecule has 0 saturated carbocycles. The van der Waals surface area contributed by atoms with Crippen LogP contribution in [0.4, 0.5) is 5.95 Å². The lowest BCUT2D eigenvalue weighted by atomic mass is 10.2. The smallest absolute Gasteiger partial charge is 0.243 e. The van der Waals surface area contributed by atoms with Crippen molar-refractivity contribution in [1.29, 1.82) is 0 Å². The maximum Gasteiger partial charge on any atom is 0.243 e. The molecule has 2 aromatic carbocycles. The second-order valence-corrected chi connectivity index (χ2v) is 7.52.